The van der Waals surface area contributed by atoms with Gasteiger partial charge in [-0.2, -0.15) is 0 Å². The van der Waals surface area contributed by atoms with Crippen molar-refractivity contribution in [1.29, 1.82) is 0 Å². The Kier molecular flexibility index (Phi) is 5.40. The average molecular weight is 501 g/mol. The van der Waals surface area contributed by atoms with Crippen molar-refractivity contribution in [1.82, 2.24) is 9.88 Å². The van der Waals surface area contributed by atoms with Gasteiger partial charge < -0.3 is 9.88 Å². The first-order valence-corrected chi connectivity index (χ1v) is 10.5. The van der Waals surface area contributed by atoms with Crippen LogP contribution in [0.2, 0.25) is 0 Å². The molecule has 4 rings (SSSR count). The largest absolute Gasteiger partial charge is 0.361 e. The quantitative estimate of drug-likeness (QED) is 0.430. The summed E-state index contributed by atoms with van der Waals surface area (Å²) in [6, 6.07) is 14.4. The molecule has 148 valence electrons. The molecule has 0 aliphatic carbocycles. The van der Waals surface area contributed by atoms with E-state index >= 15 is 0 Å². The number of amides is 3. The number of carbonyl (C=O) groups excluding carboxylic acids is 3. The van der Waals surface area contributed by atoms with Crippen molar-refractivity contribution in [3.8, 4) is 0 Å². The van der Waals surface area contributed by atoms with Crippen LogP contribution in [0, 0.1) is 3.57 Å². The lowest BCUT2D eigenvalue weighted by Gasteiger charge is -2.26. The minimum absolute atomic E-state index is 0.0122. The van der Waals surface area contributed by atoms with E-state index in [1.165, 1.54) is 16.7 Å². The molecule has 3 aromatic rings. The second-order valence-corrected chi connectivity index (χ2v) is 8.33. The molecule has 1 unspecified atom stereocenters. The molecule has 1 aromatic heterocycles. The van der Waals surface area contributed by atoms with E-state index in [1.54, 1.807) is 12.1 Å². The summed E-state index contributed by atoms with van der Waals surface area (Å²) in [5.41, 5.74) is 2.66. The van der Waals surface area contributed by atoms with Crippen LogP contribution >= 0.6 is 22.6 Å². The Balaban J connectivity index is 1.54. The average Bonchev–Trinajstić information content (AvgIpc) is 3.24. The van der Waals surface area contributed by atoms with Gasteiger partial charge in [-0.25, -0.2) is 4.90 Å². The van der Waals surface area contributed by atoms with Crippen LogP contribution < -0.4 is 4.90 Å². The van der Waals surface area contributed by atoms with Crippen LogP contribution in [0.5, 0.6) is 0 Å². The highest BCUT2D eigenvalue weighted by atomic mass is 127. The lowest BCUT2D eigenvalue weighted by molar-refractivity contribution is -0.136. The molecule has 1 atom stereocenters. The number of anilines is 1. The van der Waals surface area contributed by atoms with Crippen LogP contribution in [0.3, 0.4) is 0 Å². The second-order valence-electron chi connectivity index (χ2n) is 7.09. The normalized spacial score (nSPS) is 16.6. The van der Waals surface area contributed by atoms with Crippen LogP contribution in [0.1, 0.15) is 18.9 Å². The third-order valence-corrected chi connectivity index (χ3v) is 6.00. The Morgan fingerprint density at radius 3 is 2.62 bits per heavy atom. The van der Waals surface area contributed by atoms with Crippen molar-refractivity contribution in [3.63, 3.8) is 0 Å². The predicted octanol–water partition coefficient (Wildman–Crippen LogP) is 3.50. The van der Waals surface area contributed by atoms with Gasteiger partial charge in [-0.05, 0) is 64.9 Å². The first-order valence-electron chi connectivity index (χ1n) is 9.40. The molecule has 0 bridgehead atoms. The van der Waals surface area contributed by atoms with Gasteiger partial charge in [0.2, 0.25) is 11.8 Å². The molecule has 1 aliphatic heterocycles. The molecule has 7 heteroatoms. The van der Waals surface area contributed by atoms with E-state index < -0.39 is 6.04 Å². The smallest absolute Gasteiger partial charge is 0.257 e. The summed E-state index contributed by atoms with van der Waals surface area (Å²) in [5.74, 6) is -0.828. The Labute approximate surface area is 182 Å². The Morgan fingerprint density at radius 2 is 1.90 bits per heavy atom. The fraction of sp³-hybridized carbons (Fsp3) is 0.227. The monoisotopic (exact) mass is 501 g/mol. The Morgan fingerprint density at radius 1 is 1.17 bits per heavy atom. The second kappa shape index (κ2) is 7.98. The van der Waals surface area contributed by atoms with Crippen molar-refractivity contribution >= 4 is 56.9 Å². The lowest BCUT2D eigenvalue weighted by atomic mass is 10.1. The molecule has 3 amide bonds. The van der Waals surface area contributed by atoms with Gasteiger partial charge in [-0.3, -0.25) is 14.4 Å². The van der Waals surface area contributed by atoms with Crippen LogP contribution in [0.25, 0.3) is 10.9 Å². The molecule has 6 nitrogen and oxygen atoms in total. The van der Waals surface area contributed by atoms with E-state index in [4.69, 9.17) is 0 Å². The van der Waals surface area contributed by atoms with Gasteiger partial charge in [0.05, 0.1) is 12.1 Å². The van der Waals surface area contributed by atoms with Gasteiger partial charge in [0.1, 0.15) is 6.04 Å². The summed E-state index contributed by atoms with van der Waals surface area (Å²) >= 11 is 2.17. The van der Waals surface area contributed by atoms with E-state index in [1.807, 2.05) is 42.6 Å². The van der Waals surface area contributed by atoms with Crippen molar-refractivity contribution in [3.05, 3.63) is 63.9 Å². The van der Waals surface area contributed by atoms with E-state index in [2.05, 4.69) is 27.6 Å². The van der Waals surface area contributed by atoms with Crippen LogP contribution in [0.4, 0.5) is 5.69 Å². The van der Waals surface area contributed by atoms with Crippen LogP contribution in [-0.2, 0) is 20.8 Å². The molecular formula is C22H20IN3O3. The molecule has 0 radical (unpaired) electrons. The number of aromatic nitrogens is 1. The first kappa shape index (κ1) is 19.6. The third kappa shape index (κ3) is 3.78. The topological polar surface area (TPSA) is 73.5 Å². The summed E-state index contributed by atoms with van der Waals surface area (Å²) in [6.07, 6.45) is 2.55. The minimum Gasteiger partial charge on any atom is -0.361 e. The number of carbonyl (C=O) groups is 3. The number of aromatic amines is 1. The lowest BCUT2D eigenvalue weighted by Crippen LogP contribution is -2.45. The maximum absolute atomic E-state index is 13.0. The van der Waals surface area contributed by atoms with Crippen molar-refractivity contribution in [2.45, 2.75) is 25.8 Å². The molecule has 1 aliphatic rings. The molecule has 1 fully saturated rings. The molecule has 2 aromatic carbocycles. The third-order valence-electron chi connectivity index (χ3n) is 5.29. The highest BCUT2D eigenvalue weighted by Crippen LogP contribution is 2.27. The number of fused-ring (bicyclic) bond motifs is 1. The van der Waals surface area contributed by atoms with Crippen molar-refractivity contribution in [2.75, 3.05) is 11.4 Å². The zero-order valence-electron chi connectivity index (χ0n) is 15.9. The molecule has 0 spiro atoms. The fourth-order valence-electron chi connectivity index (χ4n) is 3.83. The maximum atomic E-state index is 13.0. The van der Waals surface area contributed by atoms with Gasteiger partial charge in [0.25, 0.3) is 5.91 Å². The van der Waals surface area contributed by atoms with Crippen LogP contribution in [-0.4, -0.2) is 40.2 Å². The number of halogens is 1. The standard InChI is InChI=1S/C22H20IN3O3/c1-14(27)25(11-10-15-13-24-19-5-3-2-4-18(15)19)20-12-21(28)26(22(20)29)17-8-6-16(23)7-9-17/h2-9,13,20,24H,10-12H2,1H3. The first-order chi connectivity index (χ1) is 14.0. The van der Waals surface area contributed by atoms with Gasteiger partial charge in [0, 0.05) is 34.1 Å². The number of nitrogens with zero attached hydrogens (tertiary/aromatic N) is 2. The summed E-state index contributed by atoms with van der Waals surface area (Å²) in [7, 11) is 0. The number of nitrogens with one attached hydrogen (secondary N) is 1. The number of para-hydroxylation sites is 1. The number of hydrogen-bond donors (Lipinski definition) is 1. The summed E-state index contributed by atoms with van der Waals surface area (Å²) in [5, 5.41) is 1.10. The van der Waals surface area contributed by atoms with Gasteiger partial charge in [-0.15, -0.1) is 0 Å². The highest BCUT2D eigenvalue weighted by Gasteiger charge is 2.43. The number of H-pyrrole nitrogens is 1. The zero-order valence-corrected chi connectivity index (χ0v) is 18.0. The molecular weight excluding hydrogens is 481 g/mol. The molecule has 1 N–H and O–H groups in total. The van der Waals surface area contributed by atoms with E-state index in [0.29, 0.717) is 18.7 Å². The molecule has 1 saturated heterocycles. The molecule has 29 heavy (non-hydrogen) atoms. The number of hydrogen-bond acceptors (Lipinski definition) is 3. The van der Waals surface area contributed by atoms with Crippen LogP contribution in [0.15, 0.2) is 54.7 Å². The number of imide groups is 1. The van der Waals surface area contributed by atoms with Gasteiger partial charge >= 0.3 is 0 Å². The molecule has 0 saturated carbocycles. The van der Waals surface area contributed by atoms with E-state index in [9.17, 15) is 14.4 Å². The van der Waals surface area contributed by atoms with Gasteiger partial charge in [-0.1, -0.05) is 18.2 Å². The van der Waals surface area contributed by atoms with Crippen molar-refractivity contribution in [2.24, 2.45) is 0 Å². The SMILES string of the molecule is CC(=O)N(CCc1c[nH]c2ccccc12)C1CC(=O)N(c2ccc(I)cc2)C1=O. The maximum Gasteiger partial charge on any atom is 0.257 e. The predicted molar refractivity (Wildman–Crippen MR) is 119 cm³/mol. The van der Waals surface area contributed by atoms with Crippen molar-refractivity contribution < 1.29 is 14.4 Å². The summed E-state index contributed by atoms with van der Waals surface area (Å²) < 4.78 is 1.02. The summed E-state index contributed by atoms with van der Waals surface area (Å²) in [4.78, 5) is 43.9. The Hall–Kier alpha value is -2.68. The zero-order chi connectivity index (χ0) is 20.5. The van der Waals surface area contributed by atoms with E-state index in [-0.39, 0.29) is 24.1 Å². The molecule has 2 heterocycles. The number of benzene rings is 2. The van der Waals surface area contributed by atoms with E-state index in [0.717, 1.165) is 20.0 Å². The minimum atomic E-state index is -0.760. The summed E-state index contributed by atoms with van der Waals surface area (Å²) in [6.45, 7) is 1.82. The Bertz CT molecular complexity index is 1090. The highest BCUT2D eigenvalue weighted by molar-refractivity contribution is 14.1. The number of rotatable bonds is 5. The van der Waals surface area contributed by atoms with Gasteiger partial charge in [0.15, 0.2) is 0 Å². The fourth-order valence-corrected chi connectivity index (χ4v) is 4.19.